The van der Waals surface area contributed by atoms with Gasteiger partial charge in [-0.15, -0.1) is 3.89 Å². The van der Waals surface area contributed by atoms with Crippen LogP contribution < -0.4 is 10.6 Å². The highest BCUT2D eigenvalue weighted by molar-refractivity contribution is 7.86. The van der Waals surface area contributed by atoms with Crippen LogP contribution in [0.2, 0.25) is 0 Å². The molecule has 0 saturated heterocycles. The summed E-state index contributed by atoms with van der Waals surface area (Å²) >= 11 is 0. The van der Waals surface area contributed by atoms with Crippen molar-refractivity contribution in [3.05, 3.63) is 54.1 Å². The summed E-state index contributed by atoms with van der Waals surface area (Å²) in [6, 6.07) is 11.6. The second-order valence-corrected chi connectivity index (χ2v) is 5.76. The number of hydrogen-bond donors (Lipinski definition) is 2. The Kier molecular flexibility index (Phi) is 4.23. The molecule has 0 aliphatic rings. The predicted molar refractivity (Wildman–Crippen MR) is 78.6 cm³/mol. The summed E-state index contributed by atoms with van der Waals surface area (Å²) in [4.78, 5) is 11.3. The second-order valence-electron chi connectivity index (χ2n) is 4.41. The quantitative estimate of drug-likeness (QED) is 0.854. The Morgan fingerprint density at radius 3 is 2.14 bits per heavy atom. The van der Waals surface area contributed by atoms with Crippen molar-refractivity contribution in [2.45, 2.75) is 11.8 Å². The molecule has 0 fully saturated rings. The van der Waals surface area contributed by atoms with Gasteiger partial charge in [0, 0.05) is 11.4 Å². The van der Waals surface area contributed by atoms with Gasteiger partial charge in [0.05, 0.1) is 0 Å². The van der Waals surface area contributed by atoms with Crippen molar-refractivity contribution < 1.29 is 17.1 Å². The Labute approximate surface area is 122 Å². The fraction of sp³-hybridized carbons (Fsp3) is 0.0714. The van der Waals surface area contributed by atoms with Crippen molar-refractivity contribution in [1.82, 2.24) is 0 Å². The number of anilines is 2. The van der Waals surface area contributed by atoms with Crippen LogP contribution in [0.25, 0.3) is 0 Å². The molecule has 0 aliphatic carbocycles. The zero-order valence-electron chi connectivity index (χ0n) is 11.1. The summed E-state index contributed by atoms with van der Waals surface area (Å²) in [6.45, 7) is 1.89. The lowest BCUT2D eigenvalue weighted by molar-refractivity contribution is 0.262. The average molecular weight is 308 g/mol. The summed E-state index contributed by atoms with van der Waals surface area (Å²) < 4.78 is 34.5. The molecular weight excluding hydrogens is 295 g/mol. The first-order valence-electron chi connectivity index (χ1n) is 6.04. The Morgan fingerprint density at radius 2 is 1.57 bits per heavy atom. The molecule has 0 atom stereocenters. The van der Waals surface area contributed by atoms with E-state index in [1.807, 2.05) is 13.0 Å². The molecule has 0 unspecified atom stereocenters. The van der Waals surface area contributed by atoms with E-state index in [0.717, 1.165) is 17.7 Å². The first-order chi connectivity index (χ1) is 9.84. The first-order valence-corrected chi connectivity index (χ1v) is 7.42. The molecule has 2 aromatic rings. The van der Waals surface area contributed by atoms with Gasteiger partial charge in [-0.3, -0.25) is 0 Å². The van der Waals surface area contributed by atoms with Crippen molar-refractivity contribution >= 4 is 27.6 Å². The predicted octanol–water partition coefficient (Wildman–Crippen LogP) is 3.30. The lowest BCUT2D eigenvalue weighted by Crippen LogP contribution is -2.19. The molecule has 2 rings (SSSR count). The molecule has 0 saturated carbocycles. The molecule has 2 N–H and O–H groups in total. The van der Waals surface area contributed by atoms with Crippen LogP contribution in [-0.4, -0.2) is 14.4 Å². The SMILES string of the molecule is Cc1cccc(NC(=O)Nc2cccc(S(=O)(=O)F)c2)c1. The fourth-order valence-corrected chi connectivity index (χ4v) is 2.25. The average Bonchev–Trinajstić information content (AvgIpc) is 2.37. The largest absolute Gasteiger partial charge is 0.332 e. The third-order valence-electron chi connectivity index (χ3n) is 2.65. The molecule has 2 amide bonds. The normalized spacial score (nSPS) is 11.0. The van der Waals surface area contributed by atoms with E-state index in [4.69, 9.17) is 0 Å². The van der Waals surface area contributed by atoms with E-state index in [-0.39, 0.29) is 5.69 Å². The van der Waals surface area contributed by atoms with E-state index < -0.39 is 21.1 Å². The summed E-state index contributed by atoms with van der Waals surface area (Å²) in [6.07, 6.45) is 0. The van der Waals surface area contributed by atoms with Crippen LogP contribution in [0.3, 0.4) is 0 Å². The maximum absolute atomic E-state index is 12.9. The number of urea groups is 1. The van der Waals surface area contributed by atoms with E-state index in [1.165, 1.54) is 12.1 Å². The highest BCUT2D eigenvalue weighted by atomic mass is 32.3. The van der Waals surface area contributed by atoms with Crippen LogP contribution in [-0.2, 0) is 10.2 Å². The highest BCUT2D eigenvalue weighted by Crippen LogP contribution is 2.18. The van der Waals surface area contributed by atoms with E-state index >= 15 is 0 Å². The number of benzene rings is 2. The molecular formula is C14H13FN2O3S. The highest BCUT2D eigenvalue weighted by Gasteiger charge is 2.12. The lowest BCUT2D eigenvalue weighted by atomic mass is 10.2. The monoisotopic (exact) mass is 308 g/mol. The maximum Gasteiger partial charge on any atom is 0.332 e. The summed E-state index contributed by atoms with van der Waals surface area (Å²) in [5.74, 6) is 0. The van der Waals surface area contributed by atoms with Crippen molar-refractivity contribution in [2.24, 2.45) is 0 Å². The molecule has 0 aromatic heterocycles. The van der Waals surface area contributed by atoms with Gasteiger partial charge in [-0.05, 0) is 42.8 Å². The van der Waals surface area contributed by atoms with Crippen LogP contribution >= 0.6 is 0 Å². The molecule has 21 heavy (non-hydrogen) atoms. The maximum atomic E-state index is 12.9. The smallest absolute Gasteiger partial charge is 0.308 e. The zero-order chi connectivity index (χ0) is 15.5. The topological polar surface area (TPSA) is 75.3 Å². The fourth-order valence-electron chi connectivity index (χ4n) is 1.74. The van der Waals surface area contributed by atoms with Gasteiger partial charge in [-0.2, -0.15) is 8.42 Å². The van der Waals surface area contributed by atoms with Gasteiger partial charge in [0.1, 0.15) is 4.90 Å². The number of carbonyl (C=O) groups excluding carboxylic acids is 1. The van der Waals surface area contributed by atoms with E-state index in [2.05, 4.69) is 10.6 Å². The van der Waals surface area contributed by atoms with Gasteiger partial charge < -0.3 is 10.6 Å². The number of rotatable bonds is 3. The van der Waals surface area contributed by atoms with Crippen LogP contribution in [0.4, 0.5) is 20.1 Å². The molecule has 7 heteroatoms. The molecule has 0 aliphatic heterocycles. The third kappa shape index (κ3) is 4.28. The van der Waals surface area contributed by atoms with Crippen LogP contribution in [0.1, 0.15) is 5.56 Å². The molecule has 5 nitrogen and oxygen atoms in total. The van der Waals surface area contributed by atoms with Gasteiger partial charge in [0.25, 0.3) is 0 Å². The lowest BCUT2D eigenvalue weighted by Gasteiger charge is -2.08. The Balaban J connectivity index is 2.10. The first kappa shape index (κ1) is 15.0. The summed E-state index contributed by atoms with van der Waals surface area (Å²) in [5.41, 5.74) is 1.76. The van der Waals surface area contributed by atoms with Gasteiger partial charge >= 0.3 is 16.3 Å². The summed E-state index contributed by atoms with van der Waals surface area (Å²) in [5, 5.41) is 5.04. The standard InChI is InChI=1S/C14H13FN2O3S/c1-10-4-2-5-11(8-10)16-14(18)17-12-6-3-7-13(9-12)21(15,19)20/h2-9H,1H3,(H2,16,17,18). The minimum Gasteiger partial charge on any atom is -0.308 e. The molecule has 0 radical (unpaired) electrons. The van der Waals surface area contributed by atoms with Gasteiger partial charge in [0.2, 0.25) is 0 Å². The third-order valence-corrected chi connectivity index (χ3v) is 3.47. The number of hydrogen-bond acceptors (Lipinski definition) is 3. The van der Waals surface area contributed by atoms with Crippen molar-refractivity contribution in [2.75, 3.05) is 10.6 Å². The second kappa shape index (κ2) is 5.92. The van der Waals surface area contributed by atoms with E-state index in [1.54, 1.807) is 18.2 Å². The zero-order valence-corrected chi connectivity index (χ0v) is 11.9. The molecule has 0 heterocycles. The Morgan fingerprint density at radius 1 is 1.00 bits per heavy atom. The number of amides is 2. The summed E-state index contributed by atoms with van der Waals surface area (Å²) in [7, 11) is -4.80. The number of nitrogens with one attached hydrogen (secondary N) is 2. The van der Waals surface area contributed by atoms with Gasteiger partial charge in [0.15, 0.2) is 0 Å². The van der Waals surface area contributed by atoms with Crippen molar-refractivity contribution in [1.29, 1.82) is 0 Å². The van der Waals surface area contributed by atoms with Crippen molar-refractivity contribution in [3.8, 4) is 0 Å². The Bertz CT molecular complexity index is 775. The molecule has 0 bridgehead atoms. The minimum absolute atomic E-state index is 0.180. The van der Waals surface area contributed by atoms with Crippen LogP contribution in [0.15, 0.2) is 53.4 Å². The minimum atomic E-state index is -4.80. The molecule has 2 aromatic carbocycles. The van der Waals surface area contributed by atoms with E-state index in [9.17, 15) is 17.1 Å². The van der Waals surface area contributed by atoms with Gasteiger partial charge in [-0.1, -0.05) is 18.2 Å². The number of halogens is 1. The number of aryl methyl sites for hydroxylation is 1. The van der Waals surface area contributed by atoms with Gasteiger partial charge in [-0.25, -0.2) is 4.79 Å². The van der Waals surface area contributed by atoms with Crippen LogP contribution in [0.5, 0.6) is 0 Å². The molecule has 0 spiro atoms. The van der Waals surface area contributed by atoms with E-state index in [0.29, 0.717) is 5.69 Å². The van der Waals surface area contributed by atoms with Crippen LogP contribution in [0, 0.1) is 6.92 Å². The van der Waals surface area contributed by atoms with Crippen molar-refractivity contribution in [3.63, 3.8) is 0 Å². The Hall–Kier alpha value is -2.41. The number of carbonyl (C=O) groups is 1. The molecule has 110 valence electrons.